The van der Waals surface area contributed by atoms with Crippen LogP contribution in [0.3, 0.4) is 0 Å². The van der Waals surface area contributed by atoms with E-state index in [1.165, 1.54) is 5.69 Å². The van der Waals surface area contributed by atoms with E-state index in [1.807, 2.05) is 18.3 Å². The summed E-state index contributed by atoms with van der Waals surface area (Å²) in [6.45, 7) is 4.80. The summed E-state index contributed by atoms with van der Waals surface area (Å²) in [5.74, 6) is 0. The normalized spacial score (nSPS) is 26.2. The Bertz CT molecular complexity index is 726. The number of nitrogens with one attached hydrogen (secondary N) is 1. The Labute approximate surface area is 154 Å². The SMILES string of the molecule is CCN1C(=S)N[C@H](c2ccccn2)[C@@H]1c1cccn1C[C@H]1CCCO1. The molecule has 0 bridgehead atoms. The summed E-state index contributed by atoms with van der Waals surface area (Å²) in [7, 11) is 0. The summed E-state index contributed by atoms with van der Waals surface area (Å²) in [6.07, 6.45) is 6.61. The van der Waals surface area contributed by atoms with Crippen molar-refractivity contribution in [2.45, 2.75) is 44.5 Å². The van der Waals surface area contributed by atoms with Gasteiger partial charge in [-0.1, -0.05) is 6.07 Å². The summed E-state index contributed by atoms with van der Waals surface area (Å²) in [4.78, 5) is 6.83. The van der Waals surface area contributed by atoms with Crippen molar-refractivity contribution in [3.05, 3.63) is 54.1 Å². The van der Waals surface area contributed by atoms with Crippen LogP contribution in [0.25, 0.3) is 0 Å². The van der Waals surface area contributed by atoms with E-state index in [-0.39, 0.29) is 12.1 Å². The van der Waals surface area contributed by atoms with Crippen LogP contribution in [0, 0.1) is 0 Å². The number of thiocarbonyl (C=S) groups is 1. The van der Waals surface area contributed by atoms with Gasteiger partial charge in [-0.2, -0.15) is 0 Å². The summed E-state index contributed by atoms with van der Waals surface area (Å²) >= 11 is 5.61. The standard InChI is InChI=1S/C19H24N4OS/c1-2-23-18(17(21-19(23)25)15-8-3-4-10-20-15)16-9-5-11-22(16)13-14-7-6-12-24-14/h3-5,8-11,14,17-18H,2,6-7,12-13H2,1H3,(H,21,25)/t14-,17-,18+/m1/s1. The second kappa shape index (κ2) is 7.14. The maximum absolute atomic E-state index is 5.84. The Morgan fingerprint density at radius 2 is 2.24 bits per heavy atom. The van der Waals surface area contributed by atoms with Crippen molar-refractivity contribution in [3.8, 4) is 0 Å². The van der Waals surface area contributed by atoms with Crippen LogP contribution in [0.15, 0.2) is 42.7 Å². The molecular formula is C19H24N4OS. The lowest BCUT2D eigenvalue weighted by Gasteiger charge is -2.28. The summed E-state index contributed by atoms with van der Waals surface area (Å²) in [5.41, 5.74) is 2.29. The van der Waals surface area contributed by atoms with E-state index in [4.69, 9.17) is 17.0 Å². The largest absolute Gasteiger partial charge is 0.376 e. The van der Waals surface area contributed by atoms with E-state index in [2.05, 4.69) is 51.1 Å². The molecule has 0 saturated carbocycles. The monoisotopic (exact) mass is 356 g/mol. The van der Waals surface area contributed by atoms with Crippen LogP contribution in [0.4, 0.5) is 0 Å². The van der Waals surface area contributed by atoms with Crippen LogP contribution in [-0.2, 0) is 11.3 Å². The van der Waals surface area contributed by atoms with Gasteiger partial charge >= 0.3 is 0 Å². The molecule has 0 amide bonds. The molecule has 0 aromatic carbocycles. The van der Waals surface area contributed by atoms with Gasteiger partial charge in [0.2, 0.25) is 0 Å². The van der Waals surface area contributed by atoms with Gasteiger partial charge in [-0.25, -0.2) is 0 Å². The van der Waals surface area contributed by atoms with Gasteiger partial charge in [0.25, 0.3) is 0 Å². The first-order valence-corrected chi connectivity index (χ1v) is 9.43. The molecule has 2 aromatic rings. The fourth-order valence-corrected chi connectivity index (χ4v) is 4.31. The molecule has 6 heteroatoms. The molecule has 2 fully saturated rings. The molecule has 4 heterocycles. The van der Waals surface area contributed by atoms with E-state index >= 15 is 0 Å². The molecule has 3 atom stereocenters. The Hall–Kier alpha value is -1.92. The first-order valence-electron chi connectivity index (χ1n) is 9.02. The van der Waals surface area contributed by atoms with E-state index in [0.717, 1.165) is 43.3 Å². The van der Waals surface area contributed by atoms with Gasteiger partial charge in [0.15, 0.2) is 5.11 Å². The fraction of sp³-hybridized carbons (Fsp3) is 0.474. The van der Waals surface area contributed by atoms with Crippen molar-refractivity contribution in [1.82, 2.24) is 19.8 Å². The van der Waals surface area contributed by atoms with Crippen LogP contribution in [0.2, 0.25) is 0 Å². The molecule has 25 heavy (non-hydrogen) atoms. The Balaban J connectivity index is 1.68. The highest BCUT2D eigenvalue weighted by molar-refractivity contribution is 7.80. The highest BCUT2D eigenvalue weighted by atomic mass is 32.1. The van der Waals surface area contributed by atoms with Crippen LogP contribution >= 0.6 is 12.2 Å². The zero-order chi connectivity index (χ0) is 17.2. The van der Waals surface area contributed by atoms with Crippen LogP contribution in [-0.4, -0.2) is 38.8 Å². The smallest absolute Gasteiger partial charge is 0.170 e. The number of nitrogens with zero attached hydrogens (tertiary/aromatic N) is 3. The second-order valence-corrected chi connectivity index (χ2v) is 7.02. The highest BCUT2D eigenvalue weighted by Gasteiger charge is 2.40. The molecule has 4 rings (SSSR count). The molecule has 0 radical (unpaired) electrons. The Morgan fingerprint density at radius 3 is 2.96 bits per heavy atom. The third-order valence-electron chi connectivity index (χ3n) is 5.13. The zero-order valence-electron chi connectivity index (χ0n) is 14.5. The lowest BCUT2D eigenvalue weighted by atomic mass is 10.0. The second-order valence-electron chi connectivity index (χ2n) is 6.63. The van der Waals surface area contributed by atoms with E-state index < -0.39 is 0 Å². The van der Waals surface area contributed by atoms with Gasteiger partial charge in [-0.3, -0.25) is 4.98 Å². The van der Waals surface area contributed by atoms with Crippen molar-refractivity contribution in [2.75, 3.05) is 13.2 Å². The van der Waals surface area contributed by atoms with Crippen molar-refractivity contribution in [1.29, 1.82) is 0 Å². The third-order valence-corrected chi connectivity index (χ3v) is 5.48. The molecule has 132 valence electrons. The number of likely N-dealkylation sites (N-methyl/N-ethyl adjacent to an activating group) is 1. The van der Waals surface area contributed by atoms with E-state index in [1.54, 1.807) is 0 Å². The number of hydrogen-bond donors (Lipinski definition) is 1. The average molecular weight is 356 g/mol. The number of pyridine rings is 1. The average Bonchev–Trinajstić information content (AvgIpc) is 3.36. The number of hydrogen-bond acceptors (Lipinski definition) is 3. The van der Waals surface area contributed by atoms with Gasteiger partial charge in [0.1, 0.15) is 0 Å². The van der Waals surface area contributed by atoms with Crippen molar-refractivity contribution in [3.63, 3.8) is 0 Å². The topological polar surface area (TPSA) is 42.3 Å². The predicted octanol–water partition coefficient (Wildman–Crippen LogP) is 3.05. The van der Waals surface area contributed by atoms with E-state index in [9.17, 15) is 0 Å². The molecule has 2 aliphatic heterocycles. The van der Waals surface area contributed by atoms with E-state index in [0.29, 0.717) is 6.10 Å². The maximum atomic E-state index is 5.84. The van der Waals surface area contributed by atoms with Crippen LogP contribution in [0.1, 0.15) is 43.2 Å². The molecule has 2 saturated heterocycles. The molecule has 5 nitrogen and oxygen atoms in total. The van der Waals surface area contributed by atoms with Gasteiger partial charge in [-0.05, 0) is 56.2 Å². The first kappa shape index (κ1) is 16.5. The summed E-state index contributed by atoms with van der Waals surface area (Å²) in [6, 6.07) is 10.6. The van der Waals surface area contributed by atoms with Gasteiger partial charge in [-0.15, -0.1) is 0 Å². The predicted molar refractivity (Wildman–Crippen MR) is 101 cm³/mol. The Morgan fingerprint density at radius 1 is 1.32 bits per heavy atom. The van der Waals surface area contributed by atoms with Crippen LogP contribution < -0.4 is 5.32 Å². The van der Waals surface area contributed by atoms with Crippen LogP contribution in [0.5, 0.6) is 0 Å². The molecule has 0 spiro atoms. The van der Waals surface area contributed by atoms with Gasteiger partial charge in [0.05, 0.1) is 23.9 Å². The molecule has 2 aromatic heterocycles. The Kier molecular flexibility index (Phi) is 4.72. The first-order chi connectivity index (χ1) is 12.3. The lowest BCUT2D eigenvalue weighted by Crippen LogP contribution is -2.30. The minimum absolute atomic E-state index is 0.0618. The number of aromatic nitrogens is 2. The molecular weight excluding hydrogens is 332 g/mol. The lowest BCUT2D eigenvalue weighted by molar-refractivity contribution is 0.0954. The van der Waals surface area contributed by atoms with Crippen molar-refractivity contribution in [2.24, 2.45) is 0 Å². The quantitative estimate of drug-likeness (QED) is 0.834. The summed E-state index contributed by atoms with van der Waals surface area (Å²) in [5, 5.41) is 4.28. The number of ether oxygens (including phenoxy) is 1. The zero-order valence-corrected chi connectivity index (χ0v) is 15.3. The summed E-state index contributed by atoms with van der Waals surface area (Å²) < 4.78 is 8.17. The third kappa shape index (κ3) is 3.16. The van der Waals surface area contributed by atoms with Gasteiger partial charge < -0.3 is 19.5 Å². The minimum atomic E-state index is 0.0618. The van der Waals surface area contributed by atoms with Gasteiger partial charge in [0, 0.05) is 37.8 Å². The highest BCUT2D eigenvalue weighted by Crippen LogP contribution is 2.38. The molecule has 0 unspecified atom stereocenters. The maximum Gasteiger partial charge on any atom is 0.170 e. The molecule has 2 aliphatic rings. The number of rotatable bonds is 5. The molecule has 1 N–H and O–H groups in total. The molecule has 0 aliphatic carbocycles. The fourth-order valence-electron chi connectivity index (χ4n) is 3.94. The minimum Gasteiger partial charge on any atom is -0.376 e. The van der Waals surface area contributed by atoms with Crippen molar-refractivity contribution >= 4 is 17.3 Å². The van der Waals surface area contributed by atoms with Crippen molar-refractivity contribution < 1.29 is 4.74 Å².